The Hall–Kier alpha value is -2.98. The number of β-amino-alcohol motifs (C(OH)–C–C–N with tert-alkyl or cyclic N) is 1. The summed E-state index contributed by atoms with van der Waals surface area (Å²) >= 11 is 0. The van der Waals surface area contributed by atoms with Crippen LogP contribution in [-0.2, 0) is 5.41 Å². The van der Waals surface area contributed by atoms with Gasteiger partial charge in [-0.1, -0.05) is 12.1 Å². The highest BCUT2D eigenvalue weighted by molar-refractivity contribution is 5.81. The molecule has 2 aliphatic carbocycles. The minimum atomic E-state index is -0.357. The summed E-state index contributed by atoms with van der Waals surface area (Å²) in [5.74, 6) is 1.53. The van der Waals surface area contributed by atoms with E-state index in [2.05, 4.69) is 38.2 Å². The van der Waals surface area contributed by atoms with Crippen LogP contribution in [0.4, 0.5) is 5.82 Å². The van der Waals surface area contributed by atoms with Crippen molar-refractivity contribution >= 4 is 16.7 Å². The highest BCUT2D eigenvalue weighted by Gasteiger charge is 2.54. The molecule has 3 fully saturated rings. The van der Waals surface area contributed by atoms with Crippen molar-refractivity contribution in [3.05, 3.63) is 42.4 Å². The molecule has 2 aromatic heterocycles. The van der Waals surface area contributed by atoms with Gasteiger partial charge in [0.15, 0.2) is 5.82 Å². The Morgan fingerprint density at radius 2 is 1.93 bits per heavy atom. The lowest BCUT2D eigenvalue weighted by molar-refractivity contribution is 0.136. The number of aliphatic hydroxyl groups is 1. The van der Waals surface area contributed by atoms with E-state index in [1.165, 1.54) is 0 Å². The standard InChI is InChI=1S/C22H22N6O/c23-12-21(4-1-5-21)16-3-2-15-10-26-28(17(15)8-16)20-9-19(24-14-25-20)27-11-18(29)22(13-27)6-7-22/h2-3,8-10,14,18,29H,1,4-7,11,13H2/t18-/m0/s1. The van der Waals surface area contributed by atoms with Gasteiger partial charge in [0.2, 0.25) is 0 Å². The first-order valence-electron chi connectivity index (χ1n) is 10.3. The normalized spacial score (nSPS) is 23.9. The third-order valence-electron chi connectivity index (χ3n) is 7.22. The molecule has 1 N–H and O–H groups in total. The van der Waals surface area contributed by atoms with E-state index in [-0.39, 0.29) is 16.9 Å². The van der Waals surface area contributed by atoms with Gasteiger partial charge in [-0.3, -0.25) is 0 Å². The number of aliphatic hydroxyl groups excluding tert-OH is 1. The monoisotopic (exact) mass is 386 g/mol. The maximum Gasteiger partial charge on any atom is 0.159 e. The largest absolute Gasteiger partial charge is 0.391 e. The number of hydrogen-bond donors (Lipinski definition) is 1. The molecule has 2 saturated carbocycles. The van der Waals surface area contributed by atoms with Crippen molar-refractivity contribution in [3.63, 3.8) is 0 Å². The second-order valence-corrected chi connectivity index (χ2v) is 8.87. The van der Waals surface area contributed by atoms with Crippen LogP contribution in [0.5, 0.6) is 0 Å². The van der Waals surface area contributed by atoms with E-state index in [0.29, 0.717) is 12.4 Å². The second-order valence-electron chi connectivity index (χ2n) is 8.87. The number of rotatable bonds is 3. The quantitative estimate of drug-likeness (QED) is 0.744. The van der Waals surface area contributed by atoms with Crippen LogP contribution < -0.4 is 4.90 Å². The molecule has 6 rings (SSSR count). The molecule has 146 valence electrons. The van der Waals surface area contributed by atoms with Crippen LogP contribution in [0, 0.1) is 16.7 Å². The minimum Gasteiger partial charge on any atom is -0.391 e. The maximum absolute atomic E-state index is 10.4. The van der Waals surface area contributed by atoms with Crippen molar-refractivity contribution in [3.8, 4) is 11.9 Å². The summed E-state index contributed by atoms with van der Waals surface area (Å²) in [6.45, 7) is 1.46. The SMILES string of the molecule is N#CC1(c2ccc3cnn(-c4cc(N5C[C@H](O)C6(CC6)C5)ncn4)c3c2)CCC1. The maximum atomic E-state index is 10.4. The number of fused-ring (bicyclic) bond motifs is 1. The number of anilines is 1. The number of nitrogens with zero attached hydrogens (tertiary/aromatic N) is 6. The van der Waals surface area contributed by atoms with Gasteiger partial charge in [-0.05, 0) is 43.7 Å². The number of hydrogen-bond acceptors (Lipinski definition) is 6. The van der Waals surface area contributed by atoms with Crippen molar-refractivity contribution in [1.82, 2.24) is 19.7 Å². The fraction of sp³-hybridized carbons (Fsp3) is 0.455. The van der Waals surface area contributed by atoms with Gasteiger partial charge in [-0.2, -0.15) is 10.4 Å². The van der Waals surface area contributed by atoms with E-state index in [4.69, 9.17) is 0 Å². The van der Waals surface area contributed by atoms with E-state index in [1.54, 1.807) is 6.33 Å². The molecule has 0 amide bonds. The van der Waals surface area contributed by atoms with Gasteiger partial charge >= 0.3 is 0 Å². The predicted molar refractivity (Wildman–Crippen MR) is 108 cm³/mol. The summed E-state index contributed by atoms with van der Waals surface area (Å²) in [6.07, 6.45) is 8.24. The van der Waals surface area contributed by atoms with E-state index >= 15 is 0 Å². The number of benzene rings is 1. The lowest BCUT2D eigenvalue weighted by Crippen LogP contribution is -2.32. The van der Waals surface area contributed by atoms with Gasteiger partial charge in [0.05, 0.1) is 29.3 Å². The minimum absolute atomic E-state index is 0.0762. The molecule has 7 heteroatoms. The Bertz CT molecular complexity index is 1150. The zero-order chi connectivity index (χ0) is 19.6. The van der Waals surface area contributed by atoms with Gasteiger partial charge in [0.25, 0.3) is 0 Å². The lowest BCUT2D eigenvalue weighted by atomic mass is 9.65. The molecule has 7 nitrogen and oxygen atoms in total. The van der Waals surface area contributed by atoms with Crippen molar-refractivity contribution in [2.24, 2.45) is 5.41 Å². The molecule has 1 saturated heterocycles. The molecule has 0 radical (unpaired) electrons. The first-order valence-corrected chi connectivity index (χ1v) is 10.3. The van der Waals surface area contributed by atoms with Crippen LogP contribution in [0.2, 0.25) is 0 Å². The molecular weight excluding hydrogens is 364 g/mol. The van der Waals surface area contributed by atoms with Crippen LogP contribution in [-0.4, -0.2) is 44.0 Å². The summed E-state index contributed by atoms with van der Waals surface area (Å²) in [5, 5.41) is 25.7. The Morgan fingerprint density at radius 3 is 2.62 bits per heavy atom. The fourth-order valence-corrected chi connectivity index (χ4v) is 4.90. The van der Waals surface area contributed by atoms with Crippen molar-refractivity contribution in [2.75, 3.05) is 18.0 Å². The first kappa shape index (κ1) is 16.9. The second kappa shape index (κ2) is 5.77. The zero-order valence-corrected chi connectivity index (χ0v) is 16.1. The first-order chi connectivity index (χ1) is 14.1. The van der Waals surface area contributed by atoms with Gasteiger partial charge in [0.1, 0.15) is 12.1 Å². The summed E-state index contributed by atoms with van der Waals surface area (Å²) in [4.78, 5) is 11.1. The molecule has 1 atom stereocenters. The molecule has 3 aliphatic rings. The van der Waals surface area contributed by atoms with Gasteiger partial charge in [-0.15, -0.1) is 0 Å². The van der Waals surface area contributed by atoms with Crippen LogP contribution in [0.25, 0.3) is 16.7 Å². The number of aromatic nitrogens is 4. The molecule has 0 unspecified atom stereocenters. The summed E-state index contributed by atoms with van der Waals surface area (Å²) in [6, 6.07) is 10.7. The Balaban J connectivity index is 1.39. The summed E-state index contributed by atoms with van der Waals surface area (Å²) in [5.41, 5.74) is 1.74. The van der Waals surface area contributed by atoms with Crippen molar-refractivity contribution < 1.29 is 5.11 Å². The van der Waals surface area contributed by atoms with Gasteiger partial charge in [0, 0.05) is 30.0 Å². The molecule has 3 heterocycles. The van der Waals surface area contributed by atoms with E-state index in [9.17, 15) is 10.4 Å². The average molecular weight is 386 g/mol. The lowest BCUT2D eigenvalue weighted by Gasteiger charge is -2.35. The Kier molecular flexibility index (Phi) is 3.37. The molecular formula is C22H22N6O. The van der Waals surface area contributed by atoms with E-state index in [1.807, 2.05) is 23.0 Å². The number of nitriles is 1. The summed E-state index contributed by atoms with van der Waals surface area (Å²) in [7, 11) is 0. The predicted octanol–water partition coefficient (Wildman–Crippen LogP) is 2.72. The van der Waals surface area contributed by atoms with Gasteiger partial charge < -0.3 is 10.0 Å². The molecule has 29 heavy (non-hydrogen) atoms. The topological polar surface area (TPSA) is 90.9 Å². The molecule has 3 aromatic rings. The Morgan fingerprint density at radius 1 is 1.10 bits per heavy atom. The molecule has 1 aliphatic heterocycles. The third kappa shape index (κ3) is 2.42. The van der Waals surface area contributed by atoms with Crippen LogP contribution in [0.15, 0.2) is 36.8 Å². The molecule has 1 spiro atoms. The van der Waals surface area contributed by atoms with Crippen LogP contribution in [0.1, 0.15) is 37.7 Å². The average Bonchev–Trinajstić information content (AvgIpc) is 3.25. The van der Waals surface area contributed by atoms with Gasteiger partial charge in [-0.25, -0.2) is 14.6 Å². The highest BCUT2D eigenvalue weighted by atomic mass is 16.3. The smallest absolute Gasteiger partial charge is 0.159 e. The molecule has 1 aromatic carbocycles. The Labute approximate surface area is 168 Å². The van der Waals surface area contributed by atoms with Crippen LogP contribution in [0.3, 0.4) is 0 Å². The zero-order valence-electron chi connectivity index (χ0n) is 16.1. The molecule has 0 bridgehead atoms. The summed E-state index contributed by atoms with van der Waals surface area (Å²) < 4.78 is 1.83. The fourth-order valence-electron chi connectivity index (χ4n) is 4.90. The van der Waals surface area contributed by atoms with E-state index in [0.717, 1.165) is 60.9 Å². The third-order valence-corrected chi connectivity index (χ3v) is 7.22. The highest BCUT2D eigenvalue weighted by Crippen LogP contribution is 2.53. The van der Waals surface area contributed by atoms with Crippen molar-refractivity contribution in [2.45, 2.75) is 43.6 Å². The van der Waals surface area contributed by atoms with E-state index < -0.39 is 0 Å². The van der Waals surface area contributed by atoms with Crippen LogP contribution >= 0.6 is 0 Å². The van der Waals surface area contributed by atoms with Crippen molar-refractivity contribution in [1.29, 1.82) is 5.26 Å².